The van der Waals surface area contributed by atoms with Crippen LogP contribution in [0.3, 0.4) is 0 Å². The fourth-order valence-corrected chi connectivity index (χ4v) is 3.05. The summed E-state index contributed by atoms with van der Waals surface area (Å²) in [5, 5.41) is 0. The van der Waals surface area contributed by atoms with Crippen LogP contribution in [0.4, 0.5) is 0 Å². The van der Waals surface area contributed by atoms with Gasteiger partial charge in [-0.2, -0.15) is 0 Å². The average Bonchev–Trinajstić information content (AvgIpc) is 2.67. The smallest absolute Gasteiger partial charge is 0.0880 e. The summed E-state index contributed by atoms with van der Waals surface area (Å²) >= 11 is 0. The molecule has 129 valence electrons. The van der Waals surface area contributed by atoms with Gasteiger partial charge in [0.05, 0.1) is 0 Å². The fraction of sp³-hybridized carbons (Fsp3) is 0.154. The van der Waals surface area contributed by atoms with Crippen molar-refractivity contribution >= 4 is 12.7 Å². The van der Waals surface area contributed by atoms with Gasteiger partial charge in [0.25, 0.3) is 0 Å². The second kappa shape index (κ2) is 8.48. The minimum Gasteiger partial charge on any atom is -0.0880 e. The molecular weight excluding hydrogens is 323 g/mol. The number of hydrogen-bond acceptors (Lipinski definition) is 0. The quantitative estimate of drug-likeness (QED) is 0.439. The van der Waals surface area contributed by atoms with Gasteiger partial charge in [0, 0.05) is 22.3 Å². The maximum Gasteiger partial charge on any atom is 0.148 e. The first-order chi connectivity index (χ1) is 13.0. The summed E-state index contributed by atoms with van der Waals surface area (Å²) in [6.07, 6.45) is 0. The highest BCUT2D eigenvalue weighted by atomic mass is 14.0. The first kappa shape index (κ1) is 18.6. The Balaban J connectivity index is 1.76. The monoisotopic (exact) mass is 345 g/mol. The van der Waals surface area contributed by atoms with Crippen LogP contribution in [0.5, 0.6) is 0 Å². The largest absolute Gasteiger partial charge is 0.148 e. The summed E-state index contributed by atoms with van der Waals surface area (Å²) in [7, 11) is 2.08. The van der Waals surface area contributed by atoms with E-state index in [2.05, 4.69) is 88.1 Å². The van der Waals surface area contributed by atoms with Crippen molar-refractivity contribution in [2.24, 2.45) is 0 Å². The Morgan fingerprint density at radius 2 is 1.00 bits per heavy atom. The molecule has 0 aliphatic rings. The lowest BCUT2D eigenvalue weighted by atomic mass is 9.73. The van der Waals surface area contributed by atoms with Crippen LogP contribution in [-0.2, 0) is 0 Å². The molecule has 0 atom stereocenters. The molecule has 3 aromatic rings. The van der Waals surface area contributed by atoms with Crippen LogP contribution in [0.25, 0.3) is 0 Å². The average molecular weight is 345 g/mol. The third-order valence-electron chi connectivity index (χ3n) is 4.49. The zero-order valence-electron chi connectivity index (χ0n) is 16.4. The SMILES string of the molecule is C[B]c1ccc(C#Cc2ccc(C#Cc3c(C)cc(C)cc3C)cc2)cc1. The predicted molar refractivity (Wildman–Crippen MR) is 117 cm³/mol. The zero-order valence-corrected chi connectivity index (χ0v) is 16.4. The Bertz CT molecular complexity index is 1040. The Kier molecular flexibility index (Phi) is 5.85. The highest BCUT2D eigenvalue weighted by Crippen LogP contribution is 2.15. The molecule has 0 saturated carbocycles. The second-order valence-electron chi connectivity index (χ2n) is 6.76. The second-order valence-corrected chi connectivity index (χ2v) is 6.76. The molecule has 0 fully saturated rings. The molecule has 0 aliphatic carbocycles. The molecule has 27 heavy (non-hydrogen) atoms. The normalized spacial score (nSPS) is 9.63. The van der Waals surface area contributed by atoms with E-state index in [1.165, 1.54) is 22.2 Å². The molecule has 0 bridgehead atoms. The lowest BCUT2D eigenvalue weighted by Crippen LogP contribution is -2.08. The van der Waals surface area contributed by atoms with Crippen molar-refractivity contribution in [3.8, 4) is 23.7 Å². The highest BCUT2D eigenvalue weighted by Gasteiger charge is 2.00. The topological polar surface area (TPSA) is 0 Å². The third-order valence-corrected chi connectivity index (χ3v) is 4.49. The maximum atomic E-state index is 3.32. The van der Waals surface area contributed by atoms with Gasteiger partial charge in [-0.15, -0.1) is 0 Å². The first-order valence-corrected chi connectivity index (χ1v) is 9.16. The van der Waals surface area contributed by atoms with Gasteiger partial charge in [-0.25, -0.2) is 0 Å². The van der Waals surface area contributed by atoms with Gasteiger partial charge < -0.3 is 0 Å². The predicted octanol–water partition coefficient (Wildman–Crippen LogP) is 4.79. The Hall–Kier alpha value is -3.16. The molecule has 3 aromatic carbocycles. The molecule has 3 rings (SSSR count). The Morgan fingerprint density at radius 3 is 1.44 bits per heavy atom. The summed E-state index contributed by atoms with van der Waals surface area (Å²) in [5.74, 6) is 13.0. The summed E-state index contributed by atoms with van der Waals surface area (Å²) in [4.78, 5) is 0. The van der Waals surface area contributed by atoms with Crippen LogP contribution >= 0.6 is 0 Å². The van der Waals surface area contributed by atoms with Gasteiger partial charge in [-0.1, -0.05) is 65.8 Å². The van der Waals surface area contributed by atoms with E-state index in [0.717, 1.165) is 22.3 Å². The summed E-state index contributed by atoms with van der Waals surface area (Å²) in [6.45, 7) is 8.39. The number of rotatable bonds is 1. The fourth-order valence-electron chi connectivity index (χ4n) is 3.05. The molecular formula is C26H22B. The molecule has 0 saturated heterocycles. The van der Waals surface area contributed by atoms with E-state index in [0.29, 0.717) is 0 Å². The van der Waals surface area contributed by atoms with Crippen molar-refractivity contribution in [1.82, 2.24) is 0 Å². The number of aryl methyl sites for hydroxylation is 3. The molecule has 0 nitrogen and oxygen atoms in total. The Morgan fingerprint density at radius 1 is 0.593 bits per heavy atom. The molecule has 0 unspecified atom stereocenters. The van der Waals surface area contributed by atoms with Crippen LogP contribution in [0.2, 0.25) is 6.82 Å². The Labute approximate surface area is 163 Å². The van der Waals surface area contributed by atoms with Crippen LogP contribution < -0.4 is 5.46 Å². The lowest BCUT2D eigenvalue weighted by Gasteiger charge is -2.04. The molecule has 0 amide bonds. The lowest BCUT2D eigenvalue weighted by molar-refractivity contribution is 1.30. The zero-order chi connectivity index (χ0) is 19.2. The van der Waals surface area contributed by atoms with Crippen molar-refractivity contribution in [2.75, 3.05) is 0 Å². The van der Waals surface area contributed by atoms with Gasteiger partial charge in [-0.05, 0) is 68.3 Å². The molecule has 0 spiro atoms. The summed E-state index contributed by atoms with van der Waals surface area (Å²) in [6, 6.07) is 20.7. The van der Waals surface area contributed by atoms with Gasteiger partial charge in [0.1, 0.15) is 7.28 Å². The van der Waals surface area contributed by atoms with Gasteiger partial charge in [0.2, 0.25) is 0 Å². The highest BCUT2D eigenvalue weighted by molar-refractivity contribution is 6.51. The van der Waals surface area contributed by atoms with E-state index in [-0.39, 0.29) is 0 Å². The van der Waals surface area contributed by atoms with E-state index in [1.807, 2.05) is 31.1 Å². The minimum atomic E-state index is 0.995. The molecule has 1 radical (unpaired) electrons. The van der Waals surface area contributed by atoms with Gasteiger partial charge in [0.15, 0.2) is 0 Å². The van der Waals surface area contributed by atoms with E-state index in [1.54, 1.807) is 0 Å². The summed E-state index contributed by atoms with van der Waals surface area (Å²) in [5.41, 5.74) is 9.09. The van der Waals surface area contributed by atoms with Crippen molar-refractivity contribution in [3.63, 3.8) is 0 Å². The van der Waals surface area contributed by atoms with E-state index in [9.17, 15) is 0 Å². The summed E-state index contributed by atoms with van der Waals surface area (Å²) < 4.78 is 0. The van der Waals surface area contributed by atoms with E-state index < -0.39 is 0 Å². The van der Waals surface area contributed by atoms with Crippen LogP contribution in [0, 0.1) is 44.5 Å². The van der Waals surface area contributed by atoms with Crippen molar-refractivity contribution < 1.29 is 0 Å². The molecule has 0 aromatic heterocycles. The van der Waals surface area contributed by atoms with Crippen molar-refractivity contribution in [2.45, 2.75) is 27.6 Å². The third kappa shape index (κ3) is 4.94. The molecule has 0 aliphatic heterocycles. The minimum absolute atomic E-state index is 0.995. The molecule has 0 heterocycles. The van der Waals surface area contributed by atoms with E-state index >= 15 is 0 Å². The number of hydrogen-bond donors (Lipinski definition) is 0. The first-order valence-electron chi connectivity index (χ1n) is 9.16. The van der Waals surface area contributed by atoms with Crippen LogP contribution in [0.15, 0.2) is 60.7 Å². The standard InChI is InChI=1S/C26H22B/c1-19-17-20(2)26(21(3)18-19)16-13-23-8-5-22(6-9-23)7-10-24-11-14-25(27-4)15-12-24/h5-6,8-9,11-12,14-15,17-18H,1-4H3. The van der Waals surface area contributed by atoms with Gasteiger partial charge in [-0.3, -0.25) is 0 Å². The van der Waals surface area contributed by atoms with Crippen LogP contribution in [0.1, 0.15) is 38.9 Å². The number of benzene rings is 3. The molecule has 0 N–H and O–H groups in total. The van der Waals surface area contributed by atoms with Crippen molar-refractivity contribution in [1.29, 1.82) is 0 Å². The van der Waals surface area contributed by atoms with Gasteiger partial charge >= 0.3 is 0 Å². The van der Waals surface area contributed by atoms with Crippen LogP contribution in [-0.4, -0.2) is 7.28 Å². The van der Waals surface area contributed by atoms with E-state index in [4.69, 9.17) is 0 Å². The maximum absolute atomic E-state index is 3.32. The van der Waals surface area contributed by atoms with Crippen molar-refractivity contribution in [3.05, 3.63) is 99.6 Å². The molecule has 1 heteroatoms.